The van der Waals surface area contributed by atoms with Crippen LogP contribution in [-0.2, 0) is 7.05 Å². The molecule has 2 N–H and O–H groups in total. The first-order valence-corrected chi connectivity index (χ1v) is 13.0. The molecule has 3 aromatic carbocycles. The van der Waals surface area contributed by atoms with Crippen molar-refractivity contribution in [3.8, 4) is 11.3 Å². The molecule has 0 aliphatic carbocycles. The molecular weight excluding hydrogens is 500 g/mol. The maximum absolute atomic E-state index is 13.9. The van der Waals surface area contributed by atoms with Crippen molar-refractivity contribution >= 4 is 39.5 Å². The summed E-state index contributed by atoms with van der Waals surface area (Å²) >= 11 is 0. The van der Waals surface area contributed by atoms with Crippen LogP contribution >= 0.6 is 0 Å². The number of hydrogen-bond acceptors (Lipinski definition) is 5. The number of benzene rings is 3. The van der Waals surface area contributed by atoms with Crippen LogP contribution < -0.4 is 15.5 Å². The van der Waals surface area contributed by atoms with Gasteiger partial charge in [-0.1, -0.05) is 24.3 Å². The summed E-state index contributed by atoms with van der Waals surface area (Å²) in [7, 11) is 3.52. The molecule has 1 amide bonds. The van der Waals surface area contributed by atoms with Gasteiger partial charge in [0, 0.05) is 55.4 Å². The molecule has 200 valence electrons. The van der Waals surface area contributed by atoms with Gasteiger partial charge in [-0.3, -0.25) is 14.0 Å². The lowest BCUT2D eigenvalue weighted by Crippen LogP contribution is -2.40. The number of halogens is 2. The number of para-hydroxylation sites is 2. The fourth-order valence-corrected chi connectivity index (χ4v) is 5.42. The van der Waals surface area contributed by atoms with Gasteiger partial charge in [-0.05, 0) is 55.3 Å². The van der Waals surface area contributed by atoms with Crippen molar-refractivity contribution in [2.45, 2.75) is 25.4 Å². The minimum atomic E-state index is -2.65. The van der Waals surface area contributed by atoms with Crippen molar-refractivity contribution in [2.75, 3.05) is 30.4 Å². The first-order valence-electron chi connectivity index (χ1n) is 13.0. The number of fused-ring (bicyclic) bond motifs is 2. The second-order valence-electron chi connectivity index (χ2n) is 9.82. The van der Waals surface area contributed by atoms with Crippen molar-refractivity contribution in [3.63, 3.8) is 0 Å². The number of aromatic nitrogens is 4. The van der Waals surface area contributed by atoms with Gasteiger partial charge in [0.2, 0.25) is 5.95 Å². The quantitative estimate of drug-likeness (QED) is 0.307. The lowest BCUT2D eigenvalue weighted by molar-refractivity contribution is 0.0757. The molecule has 3 heterocycles. The van der Waals surface area contributed by atoms with Gasteiger partial charge in [0.25, 0.3) is 5.91 Å². The van der Waals surface area contributed by atoms with Crippen LogP contribution in [0.4, 0.5) is 20.4 Å². The van der Waals surface area contributed by atoms with Crippen LogP contribution in [0.5, 0.6) is 0 Å². The molecule has 0 spiro atoms. The average molecular weight is 530 g/mol. The molecule has 1 aliphatic heterocycles. The minimum absolute atomic E-state index is 0.138. The molecular formula is C29H29F2N7O. The second-order valence-corrected chi connectivity index (χ2v) is 9.82. The maximum atomic E-state index is 13.9. The summed E-state index contributed by atoms with van der Waals surface area (Å²) in [6.45, 7) is -1.38. The molecule has 8 nitrogen and oxygen atoms in total. The van der Waals surface area contributed by atoms with E-state index in [1.165, 1.54) is 0 Å². The Morgan fingerprint density at radius 2 is 1.79 bits per heavy atom. The molecule has 0 unspecified atom stereocenters. The van der Waals surface area contributed by atoms with Gasteiger partial charge in [-0.25, -0.2) is 4.98 Å². The lowest BCUT2D eigenvalue weighted by atomic mass is 10.0. The number of rotatable bonds is 6. The minimum Gasteiger partial charge on any atom is -0.382 e. The SMILES string of the molecule is CNC(=O)c1cccc(-c2nn(C)c3cc(NC4CCN(c5nc6ccccc6n5C(F)F)CC4)ccc23)c1. The Morgan fingerprint density at radius 3 is 2.56 bits per heavy atom. The zero-order valence-corrected chi connectivity index (χ0v) is 21.7. The molecule has 2 aromatic heterocycles. The van der Waals surface area contributed by atoms with E-state index in [0.717, 1.165) is 45.3 Å². The number of piperidine rings is 1. The van der Waals surface area contributed by atoms with E-state index in [2.05, 4.69) is 21.7 Å². The van der Waals surface area contributed by atoms with E-state index in [4.69, 9.17) is 5.10 Å². The second kappa shape index (κ2) is 10.0. The molecule has 0 saturated carbocycles. The van der Waals surface area contributed by atoms with Gasteiger partial charge in [0.1, 0.15) is 5.69 Å². The first kappa shape index (κ1) is 24.8. The van der Waals surface area contributed by atoms with Crippen LogP contribution in [-0.4, -0.2) is 51.4 Å². The number of nitrogens with one attached hydrogen (secondary N) is 2. The molecule has 0 atom stereocenters. The molecule has 10 heteroatoms. The Kier molecular flexibility index (Phi) is 6.38. The highest BCUT2D eigenvalue weighted by Crippen LogP contribution is 2.32. The maximum Gasteiger partial charge on any atom is 0.321 e. The number of carbonyl (C=O) groups excluding carboxylic acids is 1. The fourth-order valence-electron chi connectivity index (χ4n) is 5.42. The van der Waals surface area contributed by atoms with E-state index in [1.807, 2.05) is 53.0 Å². The summed E-state index contributed by atoms with van der Waals surface area (Å²) in [6, 6.07) is 20.8. The predicted octanol–water partition coefficient (Wildman–Crippen LogP) is 5.43. The molecule has 1 fully saturated rings. The Hall–Kier alpha value is -4.47. The Balaban J connectivity index is 1.18. The highest BCUT2D eigenvalue weighted by Gasteiger charge is 2.26. The normalized spacial score (nSPS) is 14.4. The third kappa shape index (κ3) is 4.56. The smallest absolute Gasteiger partial charge is 0.321 e. The summed E-state index contributed by atoms with van der Waals surface area (Å²) in [5.74, 6) is 0.190. The molecule has 1 saturated heterocycles. The standard InChI is InChI=1S/C29H29F2N7O/c1-32-27(39)19-7-5-6-18(16-19)26-22-11-10-21(17-25(22)36(2)35-26)33-20-12-14-37(15-13-20)29-34-23-8-3-4-9-24(23)38(29)28(30)31/h3-11,16-17,20,28,33H,12-15H2,1-2H3,(H,32,39). The average Bonchev–Trinajstić information content (AvgIpc) is 3.51. The largest absolute Gasteiger partial charge is 0.382 e. The summed E-state index contributed by atoms with van der Waals surface area (Å²) in [6.07, 6.45) is 1.60. The monoisotopic (exact) mass is 529 g/mol. The lowest BCUT2D eigenvalue weighted by Gasteiger charge is -2.33. The highest BCUT2D eigenvalue weighted by atomic mass is 19.3. The molecule has 5 aromatic rings. The number of carbonyl (C=O) groups is 1. The van der Waals surface area contributed by atoms with Crippen LogP contribution in [0.25, 0.3) is 33.2 Å². The Bertz CT molecular complexity index is 1670. The topological polar surface area (TPSA) is 80.0 Å². The highest BCUT2D eigenvalue weighted by molar-refractivity contribution is 5.98. The van der Waals surface area contributed by atoms with Crippen molar-refractivity contribution < 1.29 is 13.6 Å². The fraction of sp³-hybridized carbons (Fsp3) is 0.276. The Morgan fingerprint density at radius 1 is 1.00 bits per heavy atom. The molecule has 39 heavy (non-hydrogen) atoms. The van der Waals surface area contributed by atoms with E-state index in [-0.39, 0.29) is 11.9 Å². The van der Waals surface area contributed by atoms with Crippen LogP contribution in [0.3, 0.4) is 0 Å². The van der Waals surface area contributed by atoms with Crippen molar-refractivity contribution in [1.29, 1.82) is 0 Å². The van der Waals surface area contributed by atoms with Gasteiger partial charge >= 0.3 is 6.55 Å². The molecule has 1 aliphatic rings. The number of imidazole rings is 1. The van der Waals surface area contributed by atoms with Gasteiger partial charge in [-0.2, -0.15) is 13.9 Å². The number of alkyl halides is 2. The van der Waals surface area contributed by atoms with Crippen LogP contribution in [0, 0.1) is 0 Å². The number of nitrogens with zero attached hydrogens (tertiary/aromatic N) is 5. The predicted molar refractivity (Wildman–Crippen MR) is 149 cm³/mol. The van der Waals surface area contributed by atoms with E-state index in [1.54, 1.807) is 31.3 Å². The van der Waals surface area contributed by atoms with Crippen molar-refractivity contribution in [3.05, 3.63) is 72.3 Å². The number of anilines is 2. The van der Waals surface area contributed by atoms with E-state index in [0.29, 0.717) is 35.6 Å². The van der Waals surface area contributed by atoms with Gasteiger partial charge in [-0.15, -0.1) is 0 Å². The third-order valence-corrected chi connectivity index (χ3v) is 7.40. The van der Waals surface area contributed by atoms with Gasteiger partial charge in [0.05, 0.1) is 16.6 Å². The summed E-state index contributed by atoms with van der Waals surface area (Å²) < 4.78 is 30.7. The first-order chi connectivity index (χ1) is 18.9. The van der Waals surface area contributed by atoms with Crippen LogP contribution in [0.2, 0.25) is 0 Å². The van der Waals surface area contributed by atoms with E-state index < -0.39 is 6.55 Å². The number of amides is 1. The molecule has 0 bridgehead atoms. The van der Waals surface area contributed by atoms with Crippen LogP contribution in [0.1, 0.15) is 29.7 Å². The third-order valence-electron chi connectivity index (χ3n) is 7.40. The zero-order valence-electron chi connectivity index (χ0n) is 21.7. The molecule has 0 radical (unpaired) electrons. The summed E-state index contributed by atoms with van der Waals surface area (Å²) in [5.41, 5.74) is 5.27. The van der Waals surface area contributed by atoms with Crippen molar-refractivity contribution in [2.24, 2.45) is 7.05 Å². The van der Waals surface area contributed by atoms with E-state index in [9.17, 15) is 13.6 Å². The summed E-state index contributed by atoms with van der Waals surface area (Å²) in [5, 5.41) is 12.0. The number of aryl methyl sites for hydroxylation is 1. The Labute approximate surface area is 224 Å². The summed E-state index contributed by atoms with van der Waals surface area (Å²) in [4.78, 5) is 18.6. The van der Waals surface area contributed by atoms with Gasteiger partial charge in [0.15, 0.2) is 0 Å². The van der Waals surface area contributed by atoms with Crippen molar-refractivity contribution in [1.82, 2.24) is 24.6 Å². The number of hydrogen-bond donors (Lipinski definition) is 2. The molecule has 6 rings (SSSR count). The van der Waals surface area contributed by atoms with Gasteiger partial charge < -0.3 is 15.5 Å². The zero-order chi connectivity index (χ0) is 27.1. The van der Waals surface area contributed by atoms with E-state index >= 15 is 0 Å². The van der Waals surface area contributed by atoms with Crippen LogP contribution in [0.15, 0.2) is 66.7 Å².